The van der Waals surface area contributed by atoms with Crippen LogP contribution in [0.15, 0.2) is 29.3 Å². The molecule has 0 aromatic heterocycles. The van der Waals surface area contributed by atoms with Gasteiger partial charge in [-0.15, -0.1) is 0 Å². The molecule has 0 spiro atoms. The van der Waals surface area contributed by atoms with Crippen molar-refractivity contribution in [2.24, 2.45) is 10.9 Å². The Balaban J connectivity index is 1.87. The van der Waals surface area contributed by atoms with Gasteiger partial charge >= 0.3 is 5.97 Å². The Labute approximate surface area is 161 Å². The molecule has 7 nitrogen and oxygen atoms in total. The Hall–Kier alpha value is -2.57. The zero-order chi connectivity index (χ0) is 19.6. The van der Waals surface area contributed by atoms with Crippen LogP contribution in [-0.2, 0) is 20.7 Å². The molecule has 1 heterocycles. The van der Waals surface area contributed by atoms with E-state index in [0.29, 0.717) is 19.1 Å². The SMILES string of the molecule is CCOC(=O)C1CCCN(C(=NC)NCC(=O)Nc2cccc(CC)c2)C1. The Morgan fingerprint density at radius 3 is 2.85 bits per heavy atom. The van der Waals surface area contributed by atoms with Gasteiger partial charge < -0.3 is 20.3 Å². The topological polar surface area (TPSA) is 83.0 Å². The van der Waals surface area contributed by atoms with Crippen LogP contribution in [0.1, 0.15) is 32.3 Å². The van der Waals surface area contributed by atoms with Crippen molar-refractivity contribution in [3.8, 4) is 0 Å². The van der Waals surface area contributed by atoms with Crippen LogP contribution in [0.2, 0.25) is 0 Å². The van der Waals surface area contributed by atoms with Crippen molar-refractivity contribution in [1.29, 1.82) is 0 Å². The number of esters is 1. The molecule has 0 radical (unpaired) electrons. The number of likely N-dealkylation sites (tertiary alicyclic amines) is 1. The first-order valence-electron chi connectivity index (χ1n) is 9.58. The van der Waals surface area contributed by atoms with Gasteiger partial charge in [-0.25, -0.2) is 0 Å². The van der Waals surface area contributed by atoms with Crippen LogP contribution >= 0.6 is 0 Å². The van der Waals surface area contributed by atoms with E-state index in [2.05, 4.69) is 22.5 Å². The van der Waals surface area contributed by atoms with E-state index in [-0.39, 0.29) is 24.3 Å². The van der Waals surface area contributed by atoms with E-state index in [1.165, 1.54) is 5.56 Å². The molecule has 1 aromatic carbocycles. The number of benzene rings is 1. The van der Waals surface area contributed by atoms with Crippen LogP contribution in [0.25, 0.3) is 0 Å². The van der Waals surface area contributed by atoms with E-state index in [0.717, 1.165) is 31.5 Å². The van der Waals surface area contributed by atoms with Crippen LogP contribution < -0.4 is 10.6 Å². The molecule has 1 saturated heterocycles. The maximum absolute atomic E-state index is 12.3. The summed E-state index contributed by atoms with van der Waals surface area (Å²) in [6, 6.07) is 7.82. The Morgan fingerprint density at radius 2 is 2.15 bits per heavy atom. The lowest BCUT2D eigenvalue weighted by Gasteiger charge is -2.33. The first-order chi connectivity index (χ1) is 13.1. The van der Waals surface area contributed by atoms with Crippen molar-refractivity contribution < 1.29 is 14.3 Å². The first-order valence-corrected chi connectivity index (χ1v) is 9.58. The van der Waals surface area contributed by atoms with Gasteiger partial charge in [-0.1, -0.05) is 19.1 Å². The molecule has 2 rings (SSSR count). The summed E-state index contributed by atoms with van der Waals surface area (Å²) < 4.78 is 5.14. The zero-order valence-electron chi connectivity index (χ0n) is 16.5. The fourth-order valence-corrected chi connectivity index (χ4v) is 3.19. The normalized spacial score (nSPS) is 17.4. The van der Waals surface area contributed by atoms with E-state index < -0.39 is 0 Å². The minimum atomic E-state index is -0.161. The number of carbonyl (C=O) groups is 2. The lowest BCUT2D eigenvalue weighted by molar-refractivity contribution is -0.149. The average Bonchev–Trinajstić information content (AvgIpc) is 2.69. The maximum atomic E-state index is 12.3. The molecule has 7 heteroatoms. The van der Waals surface area contributed by atoms with Gasteiger partial charge in [-0.05, 0) is 43.9 Å². The minimum Gasteiger partial charge on any atom is -0.466 e. The number of ether oxygens (including phenoxy) is 1. The average molecular weight is 374 g/mol. The molecule has 2 N–H and O–H groups in total. The summed E-state index contributed by atoms with van der Waals surface area (Å²) in [5, 5.41) is 5.98. The zero-order valence-corrected chi connectivity index (χ0v) is 16.5. The standard InChI is InChI=1S/C20H30N4O3/c1-4-15-8-6-10-17(12-15)23-18(25)13-22-20(21-3)24-11-7-9-16(14-24)19(26)27-5-2/h6,8,10,12,16H,4-5,7,9,11,13-14H2,1-3H3,(H,21,22)(H,23,25). The molecule has 1 aromatic rings. The molecular weight excluding hydrogens is 344 g/mol. The van der Waals surface area contributed by atoms with Gasteiger partial charge in [0.1, 0.15) is 0 Å². The lowest BCUT2D eigenvalue weighted by Crippen LogP contribution is -2.49. The highest BCUT2D eigenvalue weighted by Crippen LogP contribution is 2.18. The van der Waals surface area contributed by atoms with Gasteiger partial charge in [-0.3, -0.25) is 14.6 Å². The van der Waals surface area contributed by atoms with Crippen molar-refractivity contribution in [1.82, 2.24) is 10.2 Å². The number of rotatable bonds is 6. The van der Waals surface area contributed by atoms with Crippen LogP contribution in [0, 0.1) is 5.92 Å². The number of hydrogen-bond acceptors (Lipinski definition) is 4. The molecule has 0 bridgehead atoms. The van der Waals surface area contributed by atoms with Crippen LogP contribution in [0.4, 0.5) is 5.69 Å². The minimum absolute atomic E-state index is 0.115. The molecule has 0 saturated carbocycles. The highest BCUT2D eigenvalue weighted by atomic mass is 16.5. The first kappa shape index (κ1) is 20.7. The van der Waals surface area contributed by atoms with Gasteiger partial charge in [0.25, 0.3) is 0 Å². The van der Waals surface area contributed by atoms with Crippen molar-refractivity contribution in [2.75, 3.05) is 38.6 Å². The van der Waals surface area contributed by atoms with Crippen LogP contribution in [0.3, 0.4) is 0 Å². The summed E-state index contributed by atoms with van der Waals surface area (Å²) in [5.74, 6) is 0.180. The third kappa shape index (κ3) is 6.27. The monoisotopic (exact) mass is 374 g/mol. The van der Waals surface area contributed by atoms with E-state index in [1.54, 1.807) is 7.05 Å². The van der Waals surface area contributed by atoms with Crippen molar-refractivity contribution in [3.63, 3.8) is 0 Å². The molecule has 1 amide bonds. The van der Waals surface area contributed by atoms with Gasteiger partial charge in [0.05, 0.1) is 19.1 Å². The molecule has 27 heavy (non-hydrogen) atoms. The van der Waals surface area contributed by atoms with Crippen molar-refractivity contribution in [2.45, 2.75) is 33.1 Å². The predicted molar refractivity (Wildman–Crippen MR) is 107 cm³/mol. The number of anilines is 1. The molecule has 1 fully saturated rings. The highest BCUT2D eigenvalue weighted by Gasteiger charge is 2.28. The number of nitrogens with one attached hydrogen (secondary N) is 2. The third-order valence-corrected chi connectivity index (χ3v) is 4.58. The largest absolute Gasteiger partial charge is 0.466 e. The summed E-state index contributed by atoms with van der Waals surface area (Å²) in [5.41, 5.74) is 1.96. The second-order valence-electron chi connectivity index (χ2n) is 6.54. The summed E-state index contributed by atoms with van der Waals surface area (Å²) >= 11 is 0. The van der Waals surface area contributed by atoms with Gasteiger partial charge in [0, 0.05) is 25.8 Å². The van der Waals surface area contributed by atoms with Gasteiger partial charge in [-0.2, -0.15) is 0 Å². The molecule has 1 aliphatic heterocycles. The number of nitrogens with zero attached hydrogens (tertiary/aromatic N) is 2. The molecule has 0 aliphatic carbocycles. The summed E-state index contributed by atoms with van der Waals surface area (Å²) in [6.45, 7) is 5.75. The molecule has 1 atom stereocenters. The highest BCUT2D eigenvalue weighted by molar-refractivity contribution is 5.95. The number of piperidine rings is 1. The molecule has 148 valence electrons. The Kier molecular flexibility index (Phi) is 8.10. The van der Waals surface area contributed by atoms with E-state index in [4.69, 9.17) is 4.74 Å². The number of amides is 1. The lowest BCUT2D eigenvalue weighted by atomic mass is 9.98. The number of guanidine groups is 1. The van der Waals surface area contributed by atoms with E-state index in [9.17, 15) is 9.59 Å². The predicted octanol–water partition coefficient (Wildman–Crippen LogP) is 2.04. The van der Waals surface area contributed by atoms with E-state index >= 15 is 0 Å². The quantitative estimate of drug-likeness (QED) is 0.452. The third-order valence-electron chi connectivity index (χ3n) is 4.58. The van der Waals surface area contributed by atoms with Crippen LogP contribution in [-0.4, -0.2) is 56.0 Å². The van der Waals surface area contributed by atoms with Crippen molar-refractivity contribution in [3.05, 3.63) is 29.8 Å². The number of aliphatic imine (C=N–C) groups is 1. The fraction of sp³-hybridized carbons (Fsp3) is 0.550. The second kappa shape index (κ2) is 10.5. The van der Waals surface area contributed by atoms with Crippen LogP contribution in [0.5, 0.6) is 0 Å². The van der Waals surface area contributed by atoms with E-state index in [1.807, 2.05) is 36.1 Å². The molecular formula is C20H30N4O3. The smallest absolute Gasteiger partial charge is 0.310 e. The van der Waals surface area contributed by atoms with Gasteiger partial charge in [0.2, 0.25) is 5.91 Å². The van der Waals surface area contributed by atoms with Gasteiger partial charge in [0.15, 0.2) is 5.96 Å². The summed E-state index contributed by atoms with van der Waals surface area (Å²) in [6.07, 6.45) is 2.63. The fourth-order valence-electron chi connectivity index (χ4n) is 3.19. The van der Waals surface area contributed by atoms with Crippen molar-refractivity contribution >= 4 is 23.5 Å². The maximum Gasteiger partial charge on any atom is 0.310 e. The second-order valence-corrected chi connectivity index (χ2v) is 6.54. The number of carbonyl (C=O) groups excluding carboxylic acids is 2. The summed E-state index contributed by atoms with van der Waals surface area (Å²) in [7, 11) is 1.68. The number of aryl methyl sites for hydroxylation is 1. The number of hydrogen-bond donors (Lipinski definition) is 2. The molecule has 1 aliphatic rings. The Bertz CT molecular complexity index is 675. The Morgan fingerprint density at radius 1 is 1.33 bits per heavy atom. The summed E-state index contributed by atoms with van der Waals surface area (Å²) in [4.78, 5) is 30.5. The molecule has 1 unspecified atom stereocenters.